The van der Waals surface area contributed by atoms with Gasteiger partial charge in [-0.15, -0.1) is 5.10 Å². The minimum Gasteiger partial charge on any atom is -0.481 e. The van der Waals surface area contributed by atoms with Crippen LogP contribution in [0.1, 0.15) is 12.0 Å². The van der Waals surface area contributed by atoms with Gasteiger partial charge in [-0.25, -0.2) is 4.68 Å². The van der Waals surface area contributed by atoms with Gasteiger partial charge in [-0.2, -0.15) is 0 Å². The van der Waals surface area contributed by atoms with E-state index in [0.29, 0.717) is 10.8 Å². The van der Waals surface area contributed by atoms with Crippen LogP contribution in [0.5, 0.6) is 0 Å². The van der Waals surface area contributed by atoms with Gasteiger partial charge in [0.25, 0.3) is 0 Å². The van der Waals surface area contributed by atoms with Crippen LogP contribution >= 0.6 is 11.6 Å². The number of aliphatic carboxylic acids is 1. The predicted molar refractivity (Wildman–Crippen MR) is 65.3 cm³/mol. The first kappa shape index (κ1) is 12.5. The summed E-state index contributed by atoms with van der Waals surface area (Å²) in [6.07, 6.45) is -0.0231. The molecule has 2 rings (SSSR count). The molecule has 2 aromatic rings. The molecule has 0 atom stereocenters. The average Bonchev–Trinajstić information content (AvgIpc) is 2.74. The van der Waals surface area contributed by atoms with Crippen molar-refractivity contribution in [3.8, 4) is 11.4 Å². The maximum atomic E-state index is 10.6. The molecule has 0 spiro atoms. The number of carboxylic acid groups (broad SMARTS) is 1. The molecule has 6 nitrogen and oxygen atoms in total. The van der Waals surface area contributed by atoms with Crippen LogP contribution in [0.2, 0.25) is 5.02 Å². The fraction of sp³-hybridized carbons (Fsp3) is 0.273. The van der Waals surface area contributed by atoms with Crippen LogP contribution in [0.15, 0.2) is 18.2 Å². The van der Waals surface area contributed by atoms with E-state index < -0.39 is 5.97 Å². The summed E-state index contributed by atoms with van der Waals surface area (Å²) in [6, 6.07) is 5.38. The van der Waals surface area contributed by atoms with Crippen LogP contribution in [-0.2, 0) is 11.3 Å². The zero-order valence-corrected chi connectivity index (χ0v) is 10.4. The second kappa shape index (κ2) is 5.14. The van der Waals surface area contributed by atoms with E-state index in [1.54, 1.807) is 6.07 Å². The van der Waals surface area contributed by atoms with Crippen molar-refractivity contribution < 1.29 is 9.90 Å². The van der Waals surface area contributed by atoms with Crippen molar-refractivity contribution >= 4 is 17.6 Å². The summed E-state index contributed by atoms with van der Waals surface area (Å²) in [5.41, 5.74) is 1.78. The minimum atomic E-state index is -0.885. The summed E-state index contributed by atoms with van der Waals surface area (Å²) < 4.78 is 1.48. The number of hydrogen-bond acceptors (Lipinski definition) is 4. The summed E-state index contributed by atoms with van der Waals surface area (Å²) in [7, 11) is 0. The van der Waals surface area contributed by atoms with Crippen LogP contribution in [0.3, 0.4) is 0 Å². The van der Waals surface area contributed by atoms with Crippen molar-refractivity contribution in [2.24, 2.45) is 0 Å². The number of aryl methyl sites for hydroxylation is 2. The van der Waals surface area contributed by atoms with Gasteiger partial charge in [0.2, 0.25) is 0 Å². The molecule has 0 saturated heterocycles. The number of tetrazole rings is 1. The summed E-state index contributed by atoms with van der Waals surface area (Å²) in [5, 5.41) is 20.6. The zero-order chi connectivity index (χ0) is 13.1. The monoisotopic (exact) mass is 266 g/mol. The molecule has 94 valence electrons. The Bertz CT molecular complexity index is 582. The van der Waals surface area contributed by atoms with Gasteiger partial charge in [0.1, 0.15) is 0 Å². The smallest absolute Gasteiger partial charge is 0.305 e. The van der Waals surface area contributed by atoms with Gasteiger partial charge in [0, 0.05) is 10.6 Å². The van der Waals surface area contributed by atoms with Gasteiger partial charge < -0.3 is 5.11 Å². The van der Waals surface area contributed by atoms with Crippen molar-refractivity contribution in [1.29, 1.82) is 0 Å². The molecule has 0 fully saturated rings. The summed E-state index contributed by atoms with van der Waals surface area (Å²) in [6.45, 7) is 2.14. The molecule has 1 N–H and O–H groups in total. The van der Waals surface area contributed by atoms with Crippen LogP contribution in [0, 0.1) is 6.92 Å². The number of carboxylic acids is 1. The van der Waals surface area contributed by atoms with E-state index >= 15 is 0 Å². The highest BCUT2D eigenvalue weighted by Gasteiger charge is 2.12. The molecule has 0 saturated carbocycles. The van der Waals surface area contributed by atoms with E-state index in [1.807, 2.05) is 19.1 Å². The largest absolute Gasteiger partial charge is 0.481 e. The van der Waals surface area contributed by atoms with E-state index in [1.165, 1.54) is 4.68 Å². The van der Waals surface area contributed by atoms with E-state index in [0.717, 1.165) is 11.1 Å². The molecule has 0 bridgehead atoms. The second-order valence-corrected chi connectivity index (χ2v) is 4.27. The lowest BCUT2D eigenvalue weighted by atomic mass is 10.1. The van der Waals surface area contributed by atoms with Crippen molar-refractivity contribution in [1.82, 2.24) is 20.2 Å². The van der Waals surface area contributed by atoms with Crippen LogP contribution in [0.25, 0.3) is 11.4 Å². The third kappa shape index (κ3) is 2.65. The Morgan fingerprint density at radius 3 is 2.94 bits per heavy atom. The SMILES string of the molecule is Cc1cc(Cl)ccc1-c1nnnn1CCC(=O)O. The molecule has 1 heterocycles. The highest BCUT2D eigenvalue weighted by atomic mass is 35.5. The Kier molecular flexibility index (Phi) is 3.57. The van der Waals surface area contributed by atoms with Gasteiger partial charge in [0.05, 0.1) is 13.0 Å². The molecule has 0 unspecified atom stereocenters. The van der Waals surface area contributed by atoms with Gasteiger partial charge in [0.15, 0.2) is 5.82 Å². The molecule has 0 aliphatic rings. The predicted octanol–water partition coefficient (Wildman–Crippen LogP) is 1.78. The van der Waals surface area contributed by atoms with Crippen LogP contribution in [0.4, 0.5) is 0 Å². The quantitative estimate of drug-likeness (QED) is 0.912. The standard InChI is InChI=1S/C11H11ClN4O2/c1-7-6-8(12)2-3-9(7)11-13-14-15-16(11)5-4-10(17)18/h2-3,6H,4-5H2,1H3,(H,17,18). The number of halogens is 1. The first-order chi connectivity index (χ1) is 8.58. The number of benzene rings is 1. The molecular weight excluding hydrogens is 256 g/mol. The third-order valence-electron chi connectivity index (χ3n) is 2.50. The minimum absolute atomic E-state index is 0.0231. The Morgan fingerprint density at radius 2 is 2.28 bits per heavy atom. The fourth-order valence-electron chi connectivity index (χ4n) is 1.63. The number of aromatic nitrogens is 4. The number of rotatable bonds is 4. The van der Waals surface area contributed by atoms with Gasteiger partial charge in [-0.3, -0.25) is 4.79 Å². The van der Waals surface area contributed by atoms with Crippen LogP contribution < -0.4 is 0 Å². The molecular formula is C11H11ClN4O2. The van der Waals surface area contributed by atoms with Gasteiger partial charge in [-0.1, -0.05) is 11.6 Å². The topological polar surface area (TPSA) is 80.9 Å². The molecule has 0 aliphatic heterocycles. The first-order valence-corrected chi connectivity index (χ1v) is 5.70. The third-order valence-corrected chi connectivity index (χ3v) is 2.73. The molecule has 1 aromatic carbocycles. The van der Waals surface area contributed by atoms with E-state index in [2.05, 4.69) is 15.5 Å². The number of nitrogens with zero attached hydrogens (tertiary/aromatic N) is 4. The normalized spacial score (nSPS) is 10.6. The Balaban J connectivity index is 2.33. The second-order valence-electron chi connectivity index (χ2n) is 3.83. The van der Waals surface area contributed by atoms with Crippen molar-refractivity contribution in [3.63, 3.8) is 0 Å². The zero-order valence-electron chi connectivity index (χ0n) is 9.67. The highest BCUT2D eigenvalue weighted by Crippen LogP contribution is 2.23. The molecule has 0 aliphatic carbocycles. The summed E-state index contributed by atoms with van der Waals surface area (Å²) >= 11 is 5.88. The first-order valence-electron chi connectivity index (χ1n) is 5.32. The van der Waals surface area contributed by atoms with E-state index in [9.17, 15) is 4.79 Å². The molecule has 1 aromatic heterocycles. The van der Waals surface area contributed by atoms with Crippen molar-refractivity contribution in [2.45, 2.75) is 19.9 Å². The molecule has 18 heavy (non-hydrogen) atoms. The maximum absolute atomic E-state index is 10.6. The van der Waals surface area contributed by atoms with Gasteiger partial charge >= 0.3 is 5.97 Å². The van der Waals surface area contributed by atoms with E-state index in [4.69, 9.17) is 16.7 Å². The van der Waals surface area contributed by atoms with Crippen molar-refractivity contribution in [2.75, 3.05) is 0 Å². The lowest BCUT2D eigenvalue weighted by Crippen LogP contribution is -2.08. The Labute approximate surface area is 108 Å². The lowest BCUT2D eigenvalue weighted by molar-refractivity contribution is -0.137. The summed E-state index contributed by atoms with van der Waals surface area (Å²) in [4.78, 5) is 10.6. The highest BCUT2D eigenvalue weighted by molar-refractivity contribution is 6.30. The fourth-order valence-corrected chi connectivity index (χ4v) is 1.85. The van der Waals surface area contributed by atoms with Gasteiger partial charge in [-0.05, 0) is 41.1 Å². The molecule has 0 amide bonds. The molecule has 7 heteroatoms. The Morgan fingerprint density at radius 1 is 1.50 bits per heavy atom. The molecule has 0 radical (unpaired) electrons. The van der Waals surface area contributed by atoms with Crippen LogP contribution in [-0.4, -0.2) is 31.3 Å². The summed E-state index contributed by atoms with van der Waals surface area (Å²) in [5.74, 6) is -0.338. The Hall–Kier alpha value is -1.95. The van der Waals surface area contributed by atoms with Crippen molar-refractivity contribution in [3.05, 3.63) is 28.8 Å². The number of hydrogen-bond donors (Lipinski definition) is 1. The maximum Gasteiger partial charge on any atom is 0.305 e. The number of carbonyl (C=O) groups is 1. The van der Waals surface area contributed by atoms with E-state index in [-0.39, 0.29) is 13.0 Å². The average molecular weight is 267 g/mol. The lowest BCUT2D eigenvalue weighted by Gasteiger charge is -2.06.